The van der Waals surface area contributed by atoms with Gasteiger partial charge in [-0.25, -0.2) is 0 Å². The minimum Gasteiger partial charge on any atom is -0.396 e. The molecule has 0 radical (unpaired) electrons. The van der Waals surface area contributed by atoms with Crippen LogP contribution in [0.15, 0.2) is 88.9 Å². The van der Waals surface area contributed by atoms with Crippen molar-refractivity contribution in [2.45, 2.75) is 53.7 Å². The van der Waals surface area contributed by atoms with Crippen molar-refractivity contribution in [1.82, 2.24) is 9.88 Å². The highest BCUT2D eigenvalue weighted by atomic mass is 32.2. The number of nitrogens with zero attached hydrogens (tertiary/aromatic N) is 4. The average molecular weight is 567 g/mol. The summed E-state index contributed by atoms with van der Waals surface area (Å²) in [7, 11) is 0. The smallest absolute Gasteiger partial charge is 0.0882 e. The lowest BCUT2D eigenvalue weighted by Crippen LogP contribution is -2.54. The van der Waals surface area contributed by atoms with Gasteiger partial charge in [-0.15, -0.1) is 0 Å². The van der Waals surface area contributed by atoms with E-state index < -0.39 is 5.41 Å². The van der Waals surface area contributed by atoms with Crippen LogP contribution in [-0.4, -0.2) is 54.3 Å². The number of piperidine rings is 1. The molecule has 0 amide bonds. The number of rotatable bonds is 10. The van der Waals surface area contributed by atoms with Gasteiger partial charge in [0.05, 0.1) is 11.5 Å². The molecule has 0 spiro atoms. The van der Waals surface area contributed by atoms with Gasteiger partial charge >= 0.3 is 0 Å². The van der Waals surface area contributed by atoms with Crippen molar-refractivity contribution >= 4 is 17.4 Å². The Morgan fingerprint density at radius 2 is 1.61 bits per heavy atom. The molecule has 3 fully saturated rings. The fraction of sp³-hybridized carbons (Fsp3) is 0.486. The Morgan fingerprint density at radius 1 is 0.902 bits per heavy atom. The highest BCUT2D eigenvalue weighted by Crippen LogP contribution is 2.53. The summed E-state index contributed by atoms with van der Waals surface area (Å²) in [6, 6.07) is 26.6. The molecular weight excluding hydrogens is 524 g/mol. The van der Waals surface area contributed by atoms with E-state index in [-0.39, 0.29) is 6.61 Å². The number of nitriles is 1. The van der Waals surface area contributed by atoms with Gasteiger partial charge in [-0.05, 0) is 98.5 Å². The van der Waals surface area contributed by atoms with Gasteiger partial charge in [0, 0.05) is 60.0 Å². The fourth-order valence-electron chi connectivity index (χ4n) is 7.95. The zero-order valence-electron chi connectivity index (χ0n) is 23.9. The summed E-state index contributed by atoms with van der Waals surface area (Å²) in [6.07, 6.45) is 10.1. The third kappa shape index (κ3) is 6.04. The third-order valence-electron chi connectivity index (χ3n) is 9.97. The fourth-order valence-corrected chi connectivity index (χ4v) is 8.75. The van der Waals surface area contributed by atoms with Crippen LogP contribution in [0.2, 0.25) is 0 Å². The lowest BCUT2D eigenvalue weighted by molar-refractivity contribution is 0.0856. The average Bonchev–Trinajstić information content (AvgIpc) is 3.47. The van der Waals surface area contributed by atoms with E-state index in [0.29, 0.717) is 23.7 Å². The summed E-state index contributed by atoms with van der Waals surface area (Å²) < 4.78 is 0. The Kier molecular flexibility index (Phi) is 8.95. The van der Waals surface area contributed by atoms with Gasteiger partial charge in [0.2, 0.25) is 0 Å². The number of aliphatic hydroxyl groups excluding tert-OH is 1. The summed E-state index contributed by atoms with van der Waals surface area (Å²) in [5.74, 6) is 1.86. The first-order valence-corrected chi connectivity index (χ1v) is 16.2. The number of anilines is 1. The third-order valence-corrected chi connectivity index (χ3v) is 11.0. The zero-order chi connectivity index (χ0) is 28.1. The van der Waals surface area contributed by atoms with Crippen molar-refractivity contribution in [2.24, 2.45) is 23.7 Å². The molecule has 3 aliphatic rings. The van der Waals surface area contributed by atoms with Crippen LogP contribution in [0, 0.1) is 35.0 Å². The van der Waals surface area contributed by atoms with Crippen molar-refractivity contribution in [2.75, 3.05) is 44.2 Å². The first-order valence-electron chi connectivity index (χ1n) is 15.4. The molecule has 5 nitrogen and oxygen atoms in total. The van der Waals surface area contributed by atoms with Crippen LogP contribution in [0.4, 0.5) is 5.69 Å². The molecule has 1 saturated carbocycles. The van der Waals surface area contributed by atoms with E-state index in [1.54, 1.807) is 11.8 Å². The van der Waals surface area contributed by atoms with Gasteiger partial charge in [0.25, 0.3) is 0 Å². The Labute approximate surface area is 249 Å². The summed E-state index contributed by atoms with van der Waals surface area (Å²) in [5.41, 5.74) is 2.07. The molecule has 214 valence electrons. The van der Waals surface area contributed by atoms with E-state index in [4.69, 9.17) is 0 Å². The maximum atomic E-state index is 10.9. The molecule has 3 heterocycles. The normalized spacial score (nSPS) is 23.6. The molecule has 1 N–H and O–H groups in total. The van der Waals surface area contributed by atoms with Crippen LogP contribution in [0.25, 0.3) is 0 Å². The molecule has 6 heteroatoms. The van der Waals surface area contributed by atoms with Crippen molar-refractivity contribution < 1.29 is 5.11 Å². The lowest BCUT2D eigenvalue weighted by atomic mass is 9.58. The number of hydrogen-bond acceptors (Lipinski definition) is 6. The van der Waals surface area contributed by atoms with Crippen LogP contribution < -0.4 is 4.90 Å². The number of aliphatic hydroxyl groups is 1. The van der Waals surface area contributed by atoms with E-state index in [1.807, 2.05) is 24.5 Å². The van der Waals surface area contributed by atoms with Gasteiger partial charge in [-0.2, -0.15) is 5.26 Å². The van der Waals surface area contributed by atoms with E-state index in [0.717, 1.165) is 64.8 Å². The Morgan fingerprint density at radius 3 is 2.29 bits per heavy atom. The molecule has 1 aliphatic carbocycles. The van der Waals surface area contributed by atoms with Gasteiger partial charge in [0.1, 0.15) is 0 Å². The monoisotopic (exact) mass is 566 g/mol. The number of aromatic nitrogens is 1. The SMILES string of the molecule is N#CC(c1ccccc1)(C1CCN(CC2CN(c3ccc(Sc4ccncc4)cc3)C2)CC1)C1CCCC1CCO. The molecule has 0 bridgehead atoms. The van der Waals surface area contributed by atoms with E-state index in [1.165, 1.54) is 27.5 Å². The van der Waals surface area contributed by atoms with Crippen molar-refractivity contribution in [3.63, 3.8) is 0 Å². The Bertz CT molecular complexity index is 1280. The maximum Gasteiger partial charge on any atom is 0.0882 e. The van der Waals surface area contributed by atoms with Crippen molar-refractivity contribution in [3.05, 3.63) is 84.7 Å². The summed E-state index contributed by atoms with van der Waals surface area (Å²) in [5, 5.41) is 20.7. The minimum absolute atomic E-state index is 0.225. The predicted molar refractivity (Wildman–Crippen MR) is 166 cm³/mol. The second-order valence-electron chi connectivity index (χ2n) is 12.3. The van der Waals surface area contributed by atoms with Gasteiger partial charge in [0.15, 0.2) is 0 Å². The molecule has 3 aromatic rings. The molecule has 6 rings (SSSR count). The van der Waals surface area contributed by atoms with Crippen LogP contribution in [-0.2, 0) is 5.41 Å². The number of pyridine rings is 1. The van der Waals surface area contributed by atoms with E-state index in [9.17, 15) is 10.4 Å². The standard InChI is InChI=1S/C35H42N4OS/c36-26-35(29-6-2-1-3-7-29,34-8-4-5-28(34)17-22-40)30-15-20-38(21-16-30)23-27-24-39(25-27)31-9-11-32(12-10-31)41-33-13-18-37-19-14-33/h1-3,6-7,9-14,18-19,27-28,30,34,40H,4-5,8,15-17,20-25H2. The number of benzene rings is 2. The molecule has 3 unspecified atom stereocenters. The largest absolute Gasteiger partial charge is 0.396 e. The van der Waals surface area contributed by atoms with Crippen molar-refractivity contribution in [3.8, 4) is 6.07 Å². The van der Waals surface area contributed by atoms with Crippen LogP contribution in [0.5, 0.6) is 0 Å². The summed E-state index contributed by atoms with van der Waals surface area (Å²) in [6.45, 7) is 5.77. The second kappa shape index (κ2) is 13.0. The van der Waals surface area contributed by atoms with Crippen LogP contribution in [0.3, 0.4) is 0 Å². The Hall–Kier alpha value is -2.85. The topological polar surface area (TPSA) is 63.4 Å². The lowest BCUT2D eigenvalue weighted by Gasteiger charge is -2.48. The molecule has 2 aliphatic heterocycles. The predicted octanol–water partition coefficient (Wildman–Crippen LogP) is 6.64. The van der Waals surface area contributed by atoms with Gasteiger partial charge in [-0.3, -0.25) is 4.98 Å². The van der Waals surface area contributed by atoms with E-state index in [2.05, 4.69) is 75.5 Å². The second-order valence-corrected chi connectivity index (χ2v) is 13.4. The highest BCUT2D eigenvalue weighted by molar-refractivity contribution is 7.99. The molecule has 2 aromatic carbocycles. The quantitative estimate of drug-likeness (QED) is 0.297. The molecule has 41 heavy (non-hydrogen) atoms. The number of likely N-dealkylation sites (tertiary alicyclic amines) is 1. The van der Waals surface area contributed by atoms with Gasteiger partial charge < -0.3 is 14.9 Å². The van der Waals surface area contributed by atoms with E-state index >= 15 is 0 Å². The highest BCUT2D eigenvalue weighted by Gasteiger charge is 2.51. The minimum atomic E-state index is -0.446. The Balaban J connectivity index is 1.04. The zero-order valence-corrected chi connectivity index (χ0v) is 24.8. The van der Waals surface area contributed by atoms with Crippen LogP contribution >= 0.6 is 11.8 Å². The number of hydrogen-bond donors (Lipinski definition) is 1. The molecular formula is C35H42N4OS. The molecule has 1 aromatic heterocycles. The van der Waals surface area contributed by atoms with Crippen LogP contribution in [0.1, 0.15) is 44.1 Å². The summed E-state index contributed by atoms with van der Waals surface area (Å²) >= 11 is 1.77. The summed E-state index contributed by atoms with van der Waals surface area (Å²) in [4.78, 5) is 11.7. The first kappa shape index (κ1) is 28.3. The maximum absolute atomic E-state index is 10.9. The first-order chi connectivity index (χ1) is 20.2. The molecule has 2 saturated heterocycles. The van der Waals surface area contributed by atoms with Gasteiger partial charge in [-0.1, -0.05) is 54.9 Å². The molecule has 3 atom stereocenters. The van der Waals surface area contributed by atoms with Crippen molar-refractivity contribution in [1.29, 1.82) is 5.26 Å².